The maximum atomic E-state index is 16.2. The van der Waals surface area contributed by atoms with Crippen molar-refractivity contribution >= 4 is 14.3 Å². The van der Waals surface area contributed by atoms with Crippen LogP contribution in [-0.4, -0.2) is 31.4 Å². The summed E-state index contributed by atoms with van der Waals surface area (Å²) >= 11 is 0. The lowest BCUT2D eigenvalue weighted by molar-refractivity contribution is -0.155. The number of carbonyl (C=O) groups is 1. The second kappa shape index (κ2) is 8.33. The molecule has 158 valence electrons. The minimum absolute atomic E-state index is 0.0262. The van der Waals surface area contributed by atoms with Gasteiger partial charge in [0.2, 0.25) is 0 Å². The molecule has 3 atom stereocenters. The van der Waals surface area contributed by atoms with Crippen molar-refractivity contribution in [3.8, 4) is 6.07 Å². The SMILES string of the molecule is CC[Si](C)(O)C(C)COC(=O)C(F)(C#N)C1c2ccccc2C(C)c2ccccc21. The summed E-state index contributed by atoms with van der Waals surface area (Å²) in [7, 11) is -2.56. The summed E-state index contributed by atoms with van der Waals surface area (Å²) < 4.78 is 21.5. The first-order valence-corrected chi connectivity index (χ1v) is 13.1. The van der Waals surface area contributed by atoms with Gasteiger partial charge in [0.1, 0.15) is 6.07 Å². The molecule has 0 radical (unpaired) electrons. The minimum Gasteiger partial charge on any atom is -0.462 e. The molecule has 30 heavy (non-hydrogen) atoms. The zero-order chi connectivity index (χ0) is 22.1. The van der Waals surface area contributed by atoms with Crippen LogP contribution in [0.5, 0.6) is 0 Å². The van der Waals surface area contributed by atoms with Crippen molar-refractivity contribution in [2.75, 3.05) is 6.61 Å². The Morgan fingerprint density at radius 3 is 2.10 bits per heavy atom. The molecule has 2 aromatic carbocycles. The van der Waals surface area contributed by atoms with Crippen LogP contribution >= 0.6 is 0 Å². The van der Waals surface area contributed by atoms with Crippen LogP contribution in [0.3, 0.4) is 0 Å². The van der Waals surface area contributed by atoms with Crippen LogP contribution < -0.4 is 0 Å². The number of hydrogen-bond donors (Lipinski definition) is 1. The highest BCUT2D eigenvalue weighted by atomic mass is 28.4. The average Bonchev–Trinajstić information content (AvgIpc) is 2.77. The molecule has 0 saturated heterocycles. The molecule has 0 saturated carbocycles. The number of alkyl halides is 1. The Bertz CT molecular complexity index is 939. The van der Waals surface area contributed by atoms with E-state index in [-0.39, 0.29) is 18.1 Å². The van der Waals surface area contributed by atoms with Gasteiger partial charge in [0, 0.05) is 11.5 Å². The number of esters is 1. The normalized spacial score (nSPS) is 22.4. The lowest BCUT2D eigenvalue weighted by Gasteiger charge is -2.36. The third-order valence-electron chi connectivity index (χ3n) is 6.65. The molecule has 0 heterocycles. The van der Waals surface area contributed by atoms with Crippen molar-refractivity contribution in [2.24, 2.45) is 0 Å². The Labute approximate surface area is 178 Å². The number of nitrogens with zero attached hydrogens (tertiary/aromatic N) is 1. The Balaban J connectivity index is 2.01. The van der Waals surface area contributed by atoms with E-state index in [1.165, 1.54) is 0 Å². The van der Waals surface area contributed by atoms with Gasteiger partial charge in [-0.3, -0.25) is 0 Å². The number of nitriles is 1. The van der Waals surface area contributed by atoms with E-state index in [1.807, 2.05) is 38.1 Å². The summed E-state index contributed by atoms with van der Waals surface area (Å²) in [5, 5.41) is 9.83. The molecular weight excluding hydrogens is 397 g/mol. The van der Waals surface area contributed by atoms with Gasteiger partial charge in [-0.25, -0.2) is 9.18 Å². The Morgan fingerprint density at radius 1 is 1.20 bits per heavy atom. The minimum atomic E-state index is -2.87. The molecule has 1 N–H and O–H groups in total. The molecule has 6 heteroatoms. The van der Waals surface area contributed by atoms with Crippen molar-refractivity contribution in [3.63, 3.8) is 0 Å². The number of rotatable bonds is 6. The van der Waals surface area contributed by atoms with Crippen LogP contribution in [0, 0.1) is 11.3 Å². The zero-order valence-corrected chi connectivity index (χ0v) is 18.9. The second-order valence-corrected chi connectivity index (χ2v) is 12.9. The van der Waals surface area contributed by atoms with Gasteiger partial charge in [-0.1, -0.05) is 69.3 Å². The molecule has 0 fully saturated rings. The molecule has 0 spiro atoms. The van der Waals surface area contributed by atoms with Crippen LogP contribution in [0.15, 0.2) is 48.5 Å². The number of ether oxygens (including phenoxy) is 1. The van der Waals surface area contributed by atoms with E-state index in [2.05, 4.69) is 0 Å². The highest BCUT2D eigenvalue weighted by Gasteiger charge is 2.53. The molecular formula is C24H28FNO3Si. The average molecular weight is 426 g/mol. The molecule has 0 aromatic heterocycles. The Hall–Kier alpha value is -2.49. The van der Waals surface area contributed by atoms with E-state index in [9.17, 15) is 14.9 Å². The summed E-state index contributed by atoms with van der Waals surface area (Å²) in [4.78, 5) is 23.4. The fraction of sp³-hybridized carbons (Fsp3) is 0.417. The fourth-order valence-electron chi connectivity index (χ4n) is 4.16. The van der Waals surface area contributed by atoms with Crippen molar-refractivity contribution < 1.29 is 18.7 Å². The summed E-state index contributed by atoms with van der Waals surface area (Å²) in [5.41, 5.74) is -0.0614. The quantitative estimate of drug-likeness (QED) is 0.520. The maximum Gasteiger partial charge on any atom is 0.359 e. The second-order valence-electron chi connectivity index (χ2n) is 8.45. The first-order chi connectivity index (χ1) is 14.2. The van der Waals surface area contributed by atoms with E-state index < -0.39 is 25.9 Å². The van der Waals surface area contributed by atoms with E-state index in [0.29, 0.717) is 17.2 Å². The predicted octanol–water partition coefficient (Wildman–Crippen LogP) is 5.04. The number of hydrogen-bond acceptors (Lipinski definition) is 4. The van der Waals surface area contributed by atoms with Crippen molar-refractivity contribution in [1.82, 2.24) is 0 Å². The van der Waals surface area contributed by atoms with Gasteiger partial charge in [0.25, 0.3) is 0 Å². The highest BCUT2D eigenvalue weighted by Crippen LogP contribution is 2.49. The van der Waals surface area contributed by atoms with Crippen molar-refractivity contribution in [1.29, 1.82) is 5.26 Å². The summed E-state index contributed by atoms with van der Waals surface area (Å²) in [6.07, 6.45) is 0. The Morgan fingerprint density at radius 2 is 1.67 bits per heavy atom. The fourth-order valence-corrected chi connectivity index (χ4v) is 5.30. The van der Waals surface area contributed by atoms with Gasteiger partial charge >= 0.3 is 11.6 Å². The predicted molar refractivity (Wildman–Crippen MR) is 116 cm³/mol. The molecule has 3 unspecified atom stereocenters. The number of carbonyl (C=O) groups excluding carboxylic acids is 1. The zero-order valence-electron chi connectivity index (χ0n) is 17.9. The molecule has 3 rings (SSSR count). The van der Waals surface area contributed by atoms with Crippen molar-refractivity contribution in [2.45, 2.75) is 56.4 Å². The van der Waals surface area contributed by atoms with Crippen LogP contribution in [0.25, 0.3) is 0 Å². The molecule has 0 aliphatic heterocycles. The van der Waals surface area contributed by atoms with Gasteiger partial charge in [-0.2, -0.15) is 5.26 Å². The van der Waals surface area contributed by atoms with E-state index >= 15 is 4.39 Å². The number of benzene rings is 2. The summed E-state index contributed by atoms with van der Waals surface area (Å²) in [5.74, 6) is -2.24. The Kier molecular flexibility index (Phi) is 6.16. The lowest BCUT2D eigenvalue weighted by atomic mass is 9.68. The van der Waals surface area contributed by atoms with E-state index in [0.717, 1.165) is 11.1 Å². The first kappa shape index (κ1) is 22.2. The third kappa shape index (κ3) is 3.68. The van der Waals surface area contributed by atoms with Crippen LogP contribution in [0.4, 0.5) is 4.39 Å². The maximum absolute atomic E-state index is 16.2. The molecule has 0 bridgehead atoms. The highest BCUT2D eigenvalue weighted by molar-refractivity contribution is 6.72. The van der Waals surface area contributed by atoms with E-state index in [1.54, 1.807) is 43.8 Å². The standard InChI is InChI=1S/C24H28FNO3Si/c1-5-30(4,28)16(2)14-29-23(27)24(25,15-26)22-20-12-8-6-10-18(20)17(3)19-11-7-9-13-21(19)22/h6-13,16-17,22,28H,5,14H2,1-4H3. The molecule has 1 aliphatic carbocycles. The lowest BCUT2D eigenvalue weighted by Crippen LogP contribution is -2.44. The summed E-state index contributed by atoms with van der Waals surface area (Å²) in [6.45, 7) is 7.40. The van der Waals surface area contributed by atoms with Crippen LogP contribution in [0.2, 0.25) is 18.1 Å². The topological polar surface area (TPSA) is 70.3 Å². The van der Waals surface area contributed by atoms with Crippen LogP contribution in [-0.2, 0) is 9.53 Å². The molecule has 0 amide bonds. The summed E-state index contributed by atoms with van der Waals surface area (Å²) in [6, 6.07) is 17.0. The largest absolute Gasteiger partial charge is 0.462 e. The van der Waals surface area contributed by atoms with Gasteiger partial charge < -0.3 is 9.53 Å². The van der Waals surface area contributed by atoms with Crippen LogP contribution in [0.1, 0.15) is 54.9 Å². The number of fused-ring (bicyclic) bond motifs is 2. The van der Waals surface area contributed by atoms with Gasteiger partial charge in [-0.05, 0) is 34.8 Å². The molecule has 2 aromatic rings. The van der Waals surface area contributed by atoms with Gasteiger partial charge in [-0.15, -0.1) is 0 Å². The van der Waals surface area contributed by atoms with Gasteiger partial charge in [0.15, 0.2) is 8.32 Å². The van der Waals surface area contributed by atoms with Crippen molar-refractivity contribution in [3.05, 3.63) is 70.8 Å². The smallest absolute Gasteiger partial charge is 0.359 e. The molecule has 4 nitrogen and oxygen atoms in total. The van der Waals surface area contributed by atoms with E-state index in [4.69, 9.17) is 4.74 Å². The first-order valence-electron chi connectivity index (χ1n) is 10.3. The van der Waals surface area contributed by atoms with Gasteiger partial charge in [0.05, 0.1) is 12.5 Å². The third-order valence-corrected chi connectivity index (χ3v) is 10.4. The monoisotopic (exact) mass is 425 g/mol. The molecule has 1 aliphatic rings. The number of halogens is 1.